The van der Waals surface area contributed by atoms with Crippen molar-refractivity contribution in [1.82, 2.24) is 9.88 Å². The third kappa shape index (κ3) is 6.37. The summed E-state index contributed by atoms with van der Waals surface area (Å²) in [6.07, 6.45) is 2.83. The van der Waals surface area contributed by atoms with Crippen molar-refractivity contribution in [3.63, 3.8) is 0 Å². The van der Waals surface area contributed by atoms with Gasteiger partial charge in [-0.15, -0.1) is 0 Å². The number of piperidine rings is 1. The van der Waals surface area contributed by atoms with Crippen molar-refractivity contribution in [2.75, 3.05) is 19.7 Å². The van der Waals surface area contributed by atoms with E-state index < -0.39 is 5.60 Å². The molecule has 1 aromatic rings. The molecule has 23 heavy (non-hydrogen) atoms. The van der Waals surface area contributed by atoms with E-state index in [4.69, 9.17) is 9.47 Å². The highest BCUT2D eigenvalue weighted by molar-refractivity contribution is 9.10. The number of halogens is 1. The largest absolute Gasteiger partial charge is 0.478 e. The van der Waals surface area contributed by atoms with Crippen LogP contribution in [0.25, 0.3) is 0 Å². The van der Waals surface area contributed by atoms with Gasteiger partial charge in [0.2, 0.25) is 5.88 Å². The molecule has 1 aliphatic heterocycles. The van der Waals surface area contributed by atoms with Crippen LogP contribution in [0.2, 0.25) is 0 Å². The second-order valence-corrected chi connectivity index (χ2v) is 7.68. The summed E-state index contributed by atoms with van der Waals surface area (Å²) in [4.78, 5) is 18.2. The first kappa shape index (κ1) is 18.0. The van der Waals surface area contributed by atoms with Crippen molar-refractivity contribution < 1.29 is 14.3 Å². The SMILES string of the molecule is CC(C)(C)OC(=O)N1CCC[C@@H](CCOc2cccc(Br)n2)C1. The van der Waals surface area contributed by atoms with E-state index in [9.17, 15) is 4.79 Å². The van der Waals surface area contributed by atoms with Gasteiger partial charge in [0.15, 0.2) is 0 Å². The second kappa shape index (κ2) is 7.99. The summed E-state index contributed by atoms with van der Waals surface area (Å²) in [5.41, 5.74) is -0.445. The van der Waals surface area contributed by atoms with Gasteiger partial charge in [0.1, 0.15) is 10.2 Å². The Bertz CT molecular complexity index is 531. The molecule has 2 heterocycles. The Morgan fingerprint density at radius 2 is 2.22 bits per heavy atom. The normalized spacial score (nSPS) is 18.6. The van der Waals surface area contributed by atoms with E-state index in [0.29, 0.717) is 18.4 Å². The van der Waals surface area contributed by atoms with E-state index in [-0.39, 0.29) is 6.09 Å². The van der Waals surface area contributed by atoms with Crippen molar-refractivity contribution in [3.8, 4) is 5.88 Å². The third-order valence-electron chi connectivity index (χ3n) is 3.64. The zero-order valence-electron chi connectivity index (χ0n) is 14.0. The number of rotatable bonds is 4. The van der Waals surface area contributed by atoms with Gasteiger partial charge in [0.05, 0.1) is 6.61 Å². The lowest BCUT2D eigenvalue weighted by Gasteiger charge is -2.34. The number of hydrogen-bond acceptors (Lipinski definition) is 4. The van der Waals surface area contributed by atoms with Crippen LogP contribution in [0.1, 0.15) is 40.0 Å². The predicted molar refractivity (Wildman–Crippen MR) is 92.6 cm³/mol. The van der Waals surface area contributed by atoms with Crippen molar-refractivity contribution >= 4 is 22.0 Å². The molecule has 128 valence electrons. The lowest BCUT2D eigenvalue weighted by atomic mass is 9.95. The molecule has 0 radical (unpaired) electrons. The number of pyridine rings is 1. The quantitative estimate of drug-likeness (QED) is 0.727. The first-order valence-electron chi connectivity index (χ1n) is 8.07. The summed E-state index contributed by atoms with van der Waals surface area (Å²) in [5.74, 6) is 1.07. The fourth-order valence-corrected chi connectivity index (χ4v) is 2.92. The summed E-state index contributed by atoms with van der Waals surface area (Å²) in [6.45, 7) is 7.81. The number of likely N-dealkylation sites (tertiary alicyclic amines) is 1. The molecule has 1 fully saturated rings. The Labute approximate surface area is 146 Å². The van der Waals surface area contributed by atoms with Gasteiger partial charge in [-0.1, -0.05) is 6.07 Å². The molecule has 1 atom stereocenters. The lowest BCUT2D eigenvalue weighted by molar-refractivity contribution is 0.0154. The summed E-state index contributed by atoms with van der Waals surface area (Å²) < 4.78 is 11.9. The molecule has 0 N–H and O–H groups in total. The molecule has 0 bridgehead atoms. The fraction of sp³-hybridized carbons (Fsp3) is 0.647. The lowest BCUT2D eigenvalue weighted by Crippen LogP contribution is -2.43. The zero-order chi connectivity index (χ0) is 16.9. The van der Waals surface area contributed by atoms with Gasteiger partial charge in [-0.2, -0.15) is 0 Å². The second-order valence-electron chi connectivity index (χ2n) is 6.87. The highest BCUT2D eigenvalue weighted by atomic mass is 79.9. The standard InChI is InChI=1S/C17H25BrN2O3/c1-17(2,3)23-16(21)20-10-5-6-13(12-20)9-11-22-15-8-4-7-14(18)19-15/h4,7-8,13H,5-6,9-12H2,1-3H3/t13-/m0/s1. The van der Waals surface area contributed by atoms with E-state index in [0.717, 1.165) is 37.0 Å². The van der Waals surface area contributed by atoms with Gasteiger partial charge in [0.25, 0.3) is 0 Å². The van der Waals surface area contributed by atoms with Gasteiger partial charge >= 0.3 is 6.09 Å². The zero-order valence-corrected chi connectivity index (χ0v) is 15.6. The first-order valence-corrected chi connectivity index (χ1v) is 8.86. The minimum Gasteiger partial charge on any atom is -0.478 e. The smallest absolute Gasteiger partial charge is 0.410 e. The van der Waals surface area contributed by atoms with Crippen LogP contribution in [-0.4, -0.2) is 41.3 Å². The van der Waals surface area contributed by atoms with Crippen molar-refractivity contribution in [2.24, 2.45) is 5.92 Å². The summed E-state index contributed by atoms with van der Waals surface area (Å²) >= 11 is 3.33. The Hall–Kier alpha value is -1.30. The van der Waals surface area contributed by atoms with E-state index in [1.165, 1.54) is 0 Å². The number of ether oxygens (including phenoxy) is 2. The molecular weight excluding hydrogens is 360 g/mol. The third-order valence-corrected chi connectivity index (χ3v) is 4.08. The maximum atomic E-state index is 12.1. The minimum absolute atomic E-state index is 0.211. The molecule has 1 saturated heterocycles. The average molecular weight is 385 g/mol. The molecule has 1 aliphatic rings. The van der Waals surface area contributed by atoms with E-state index >= 15 is 0 Å². The van der Waals surface area contributed by atoms with Crippen LogP contribution in [0.4, 0.5) is 4.79 Å². The summed E-state index contributed by atoms with van der Waals surface area (Å²) in [7, 11) is 0. The summed E-state index contributed by atoms with van der Waals surface area (Å²) in [6, 6.07) is 5.61. The Morgan fingerprint density at radius 1 is 1.43 bits per heavy atom. The van der Waals surface area contributed by atoms with Crippen LogP contribution in [0, 0.1) is 5.92 Å². The first-order chi connectivity index (χ1) is 10.8. The van der Waals surface area contributed by atoms with Gasteiger partial charge in [-0.05, 0) is 67.9 Å². The molecule has 1 aromatic heterocycles. The van der Waals surface area contributed by atoms with Gasteiger partial charge < -0.3 is 14.4 Å². The number of nitrogens with zero attached hydrogens (tertiary/aromatic N) is 2. The maximum absolute atomic E-state index is 12.1. The van der Waals surface area contributed by atoms with Gasteiger partial charge in [0, 0.05) is 19.2 Å². The van der Waals surface area contributed by atoms with Crippen molar-refractivity contribution in [2.45, 2.75) is 45.6 Å². The van der Waals surface area contributed by atoms with Crippen LogP contribution >= 0.6 is 15.9 Å². The maximum Gasteiger partial charge on any atom is 0.410 e. The van der Waals surface area contributed by atoms with Gasteiger partial charge in [-0.3, -0.25) is 0 Å². The van der Waals surface area contributed by atoms with Crippen molar-refractivity contribution in [1.29, 1.82) is 0 Å². The highest BCUT2D eigenvalue weighted by Crippen LogP contribution is 2.22. The predicted octanol–water partition coefficient (Wildman–Crippen LogP) is 4.26. The monoisotopic (exact) mass is 384 g/mol. The molecule has 1 amide bonds. The molecule has 5 nitrogen and oxygen atoms in total. The molecule has 0 aliphatic carbocycles. The highest BCUT2D eigenvalue weighted by Gasteiger charge is 2.27. The van der Waals surface area contributed by atoms with E-state index in [1.807, 2.05) is 43.9 Å². The molecule has 0 spiro atoms. The number of hydrogen-bond donors (Lipinski definition) is 0. The molecule has 6 heteroatoms. The number of amides is 1. The van der Waals surface area contributed by atoms with Crippen LogP contribution in [0.5, 0.6) is 5.88 Å². The van der Waals surface area contributed by atoms with Crippen LogP contribution in [0.3, 0.4) is 0 Å². The fourth-order valence-electron chi connectivity index (χ4n) is 2.59. The molecule has 0 saturated carbocycles. The summed E-state index contributed by atoms with van der Waals surface area (Å²) in [5, 5.41) is 0. The molecule has 0 aromatic carbocycles. The topological polar surface area (TPSA) is 51.7 Å². The number of carbonyl (C=O) groups is 1. The van der Waals surface area contributed by atoms with Crippen LogP contribution in [-0.2, 0) is 4.74 Å². The number of aromatic nitrogens is 1. The van der Waals surface area contributed by atoms with Gasteiger partial charge in [-0.25, -0.2) is 9.78 Å². The Kier molecular flexibility index (Phi) is 6.27. The Balaban J connectivity index is 1.76. The van der Waals surface area contributed by atoms with Crippen LogP contribution in [0.15, 0.2) is 22.8 Å². The van der Waals surface area contributed by atoms with Crippen molar-refractivity contribution in [3.05, 3.63) is 22.8 Å². The van der Waals surface area contributed by atoms with E-state index in [2.05, 4.69) is 20.9 Å². The number of carbonyl (C=O) groups excluding carboxylic acids is 1. The molecule has 2 rings (SSSR count). The van der Waals surface area contributed by atoms with E-state index in [1.54, 1.807) is 0 Å². The van der Waals surface area contributed by atoms with Crippen LogP contribution < -0.4 is 4.74 Å². The molecule has 0 unspecified atom stereocenters. The average Bonchev–Trinajstić information content (AvgIpc) is 2.46. The Morgan fingerprint density at radius 3 is 2.91 bits per heavy atom. The minimum atomic E-state index is -0.445. The molecular formula is C17H25BrN2O3.